The molecule has 4 rings (SSSR count). The van der Waals surface area contributed by atoms with E-state index in [0.29, 0.717) is 5.91 Å². The van der Waals surface area contributed by atoms with Gasteiger partial charge in [-0.2, -0.15) is 0 Å². The van der Waals surface area contributed by atoms with Gasteiger partial charge in [-0.3, -0.25) is 4.79 Å². The second-order valence-electron chi connectivity index (χ2n) is 6.90. The van der Waals surface area contributed by atoms with Crippen LogP contribution in [0.3, 0.4) is 0 Å². The number of aromatic nitrogens is 2. The quantitative estimate of drug-likeness (QED) is 0.845. The van der Waals surface area contributed by atoms with E-state index in [4.69, 9.17) is 0 Å². The van der Waals surface area contributed by atoms with Gasteiger partial charge in [-0.1, -0.05) is 6.07 Å². The normalized spacial score (nSPS) is 19.2. The number of nitrogens with zero attached hydrogens (tertiary/aromatic N) is 4. The van der Waals surface area contributed by atoms with E-state index in [0.717, 1.165) is 68.3 Å². The van der Waals surface area contributed by atoms with Crippen LogP contribution in [0, 0.1) is 5.92 Å². The minimum Gasteiger partial charge on any atom is -0.355 e. The van der Waals surface area contributed by atoms with Crippen LogP contribution in [0.25, 0.3) is 10.6 Å². The third-order valence-electron chi connectivity index (χ3n) is 5.26. The van der Waals surface area contributed by atoms with Gasteiger partial charge in [0.15, 0.2) is 5.82 Å². The van der Waals surface area contributed by atoms with Crippen LogP contribution in [0.5, 0.6) is 0 Å². The number of hydrogen-bond donors (Lipinski definition) is 0. The van der Waals surface area contributed by atoms with E-state index in [1.165, 1.54) is 6.42 Å². The molecule has 0 saturated carbocycles. The van der Waals surface area contributed by atoms with Crippen LogP contribution in [0.1, 0.15) is 32.1 Å². The van der Waals surface area contributed by atoms with Crippen LogP contribution in [-0.4, -0.2) is 47.2 Å². The molecule has 4 heterocycles. The van der Waals surface area contributed by atoms with E-state index in [1.54, 1.807) is 11.3 Å². The number of piperidine rings is 2. The van der Waals surface area contributed by atoms with E-state index >= 15 is 0 Å². The fraction of sp³-hybridized carbons (Fsp3) is 0.526. The van der Waals surface area contributed by atoms with Crippen molar-refractivity contribution >= 4 is 23.1 Å². The van der Waals surface area contributed by atoms with Crippen molar-refractivity contribution < 1.29 is 4.79 Å². The average molecular weight is 356 g/mol. The van der Waals surface area contributed by atoms with Crippen LogP contribution < -0.4 is 4.90 Å². The summed E-state index contributed by atoms with van der Waals surface area (Å²) in [6.45, 7) is 3.68. The number of anilines is 1. The summed E-state index contributed by atoms with van der Waals surface area (Å²) in [6, 6.07) is 8.18. The molecule has 2 aromatic heterocycles. The summed E-state index contributed by atoms with van der Waals surface area (Å²) in [7, 11) is 0. The van der Waals surface area contributed by atoms with E-state index in [9.17, 15) is 4.79 Å². The van der Waals surface area contributed by atoms with Crippen molar-refractivity contribution in [1.82, 2.24) is 15.1 Å². The maximum absolute atomic E-state index is 12.7. The Morgan fingerprint density at radius 2 is 1.80 bits per heavy atom. The lowest BCUT2D eigenvalue weighted by atomic mass is 9.94. The Kier molecular flexibility index (Phi) is 4.97. The molecule has 2 aliphatic heterocycles. The molecule has 0 spiro atoms. The van der Waals surface area contributed by atoms with Gasteiger partial charge >= 0.3 is 0 Å². The number of thiophene rings is 1. The topological polar surface area (TPSA) is 49.3 Å². The SMILES string of the molecule is O=C(C1CCN(c2ccc(-c3cccs3)nn2)CC1)N1CCCCC1. The fourth-order valence-corrected chi connectivity index (χ4v) is 4.47. The third kappa shape index (κ3) is 3.68. The Hall–Kier alpha value is -1.95. The van der Waals surface area contributed by atoms with E-state index < -0.39 is 0 Å². The van der Waals surface area contributed by atoms with Crippen LogP contribution >= 0.6 is 11.3 Å². The van der Waals surface area contributed by atoms with Gasteiger partial charge in [-0.25, -0.2) is 0 Å². The monoisotopic (exact) mass is 356 g/mol. The molecule has 25 heavy (non-hydrogen) atoms. The van der Waals surface area contributed by atoms with Gasteiger partial charge in [0.05, 0.1) is 4.88 Å². The molecule has 1 amide bonds. The summed E-state index contributed by atoms with van der Waals surface area (Å²) >= 11 is 1.68. The summed E-state index contributed by atoms with van der Waals surface area (Å²) in [4.78, 5) is 18.1. The predicted molar refractivity (Wildman–Crippen MR) is 101 cm³/mol. The summed E-state index contributed by atoms with van der Waals surface area (Å²) in [5, 5.41) is 10.8. The summed E-state index contributed by atoms with van der Waals surface area (Å²) in [5.74, 6) is 1.48. The van der Waals surface area contributed by atoms with Crippen molar-refractivity contribution in [3.63, 3.8) is 0 Å². The molecule has 2 aromatic rings. The van der Waals surface area contributed by atoms with Crippen molar-refractivity contribution in [2.75, 3.05) is 31.1 Å². The second kappa shape index (κ2) is 7.52. The van der Waals surface area contributed by atoms with Crippen molar-refractivity contribution in [1.29, 1.82) is 0 Å². The van der Waals surface area contributed by atoms with Crippen molar-refractivity contribution in [2.24, 2.45) is 5.92 Å². The summed E-state index contributed by atoms with van der Waals surface area (Å²) in [5.41, 5.74) is 0.925. The molecule has 2 aliphatic rings. The minimum atomic E-state index is 0.188. The molecule has 0 atom stereocenters. The van der Waals surface area contributed by atoms with Gasteiger partial charge in [-0.15, -0.1) is 21.5 Å². The Morgan fingerprint density at radius 3 is 2.44 bits per heavy atom. The third-order valence-corrected chi connectivity index (χ3v) is 6.15. The predicted octanol–water partition coefficient (Wildman–Crippen LogP) is 3.43. The van der Waals surface area contributed by atoms with Gasteiger partial charge in [0.2, 0.25) is 5.91 Å². The van der Waals surface area contributed by atoms with Gasteiger partial charge in [0.1, 0.15) is 5.69 Å². The molecule has 0 bridgehead atoms. The molecule has 0 unspecified atom stereocenters. The lowest BCUT2D eigenvalue weighted by Crippen LogP contribution is -2.44. The number of amides is 1. The molecular weight excluding hydrogens is 332 g/mol. The minimum absolute atomic E-state index is 0.188. The van der Waals surface area contributed by atoms with Crippen molar-refractivity contribution in [2.45, 2.75) is 32.1 Å². The largest absolute Gasteiger partial charge is 0.355 e. The Labute approximate surface area is 152 Å². The maximum Gasteiger partial charge on any atom is 0.225 e. The van der Waals surface area contributed by atoms with Gasteiger partial charge in [-0.05, 0) is 55.7 Å². The van der Waals surface area contributed by atoms with E-state index in [-0.39, 0.29) is 5.92 Å². The van der Waals surface area contributed by atoms with Crippen LogP contribution in [0.2, 0.25) is 0 Å². The van der Waals surface area contributed by atoms with E-state index in [2.05, 4.69) is 37.5 Å². The number of carbonyl (C=O) groups excluding carboxylic acids is 1. The lowest BCUT2D eigenvalue weighted by molar-refractivity contribution is -0.137. The first-order chi connectivity index (χ1) is 12.3. The molecule has 0 N–H and O–H groups in total. The zero-order valence-corrected chi connectivity index (χ0v) is 15.2. The number of likely N-dealkylation sites (tertiary alicyclic amines) is 1. The number of rotatable bonds is 3. The fourth-order valence-electron chi connectivity index (χ4n) is 3.78. The highest BCUT2D eigenvalue weighted by Crippen LogP contribution is 2.26. The van der Waals surface area contributed by atoms with Gasteiger partial charge in [0, 0.05) is 32.1 Å². The summed E-state index contributed by atoms with van der Waals surface area (Å²) in [6.07, 6.45) is 5.43. The highest BCUT2D eigenvalue weighted by atomic mass is 32.1. The Balaban J connectivity index is 1.34. The van der Waals surface area contributed by atoms with Gasteiger partial charge < -0.3 is 9.80 Å². The van der Waals surface area contributed by atoms with Crippen LogP contribution in [-0.2, 0) is 4.79 Å². The van der Waals surface area contributed by atoms with E-state index in [1.807, 2.05) is 12.1 Å². The first-order valence-corrected chi connectivity index (χ1v) is 10.1. The molecule has 6 heteroatoms. The smallest absolute Gasteiger partial charge is 0.225 e. The summed E-state index contributed by atoms with van der Waals surface area (Å²) < 4.78 is 0. The first kappa shape index (κ1) is 16.5. The highest BCUT2D eigenvalue weighted by molar-refractivity contribution is 7.13. The van der Waals surface area contributed by atoms with Crippen LogP contribution in [0.4, 0.5) is 5.82 Å². The maximum atomic E-state index is 12.7. The zero-order chi connectivity index (χ0) is 17.1. The molecular formula is C19H24N4OS. The first-order valence-electron chi connectivity index (χ1n) is 9.22. The van der Waals surface area contributed by atoms with Crippen LogP contribution in [0.15, 0.2) is 29.6 Å². The number of carbonyl (C=O) groups is 1. The van der Waals surface area contributed by atoms with Gasteiger partial charge in [0.25, 0.3) is 0 Å². The second-order valence-corrected chi connectivity index (χ2v) is 7.85. The molecule has 0 aliphatic carbocycles. The number of hydrogen-bond acceptors (Lipinski definition) is 5. The van der Waals surface area contributed by atoms with Crippen molar-refractivity contribution in [3.05, 3.63) is 29.6 Å². The Bertz CT molecular complexity index is 687. The molecule has 132 valence electrons. The van der Waals surface area contributed by atoms with Crippen molar-refractivity contribution in [3.8, 4) is 10.6 Å². The highest BCUT2D eigenvalue weighted by Gasteiger charge is 2.29. The molecule has 2 fully saturated rings. The Morgan fingerprint density at radius 1 is 1.00 bits per heavy atom. The zero-order valence-electron chi connectivity index (χ0n) is 14.4. The standard InChI is InChI=1S/C19H24N4OS/c24-19(23-10-2-1-3-11-23)15-8-12-22(13-9-15)18-7-6-16(20-21-18)17-5-4-14-25-17/h4-7,14-15H,1-3,8-13H2. The average Bonchev–Trinajstić information content (AvgIpc) is 3.23. The molecule has 0 aromatic carbocycles. The molecule has 2 saturated heterocycles. The molecule has 5 nitrogen and oxygen atoms in total. The lowest BCUT2D eigenvalue weighted by Gasteiger charge is -2.35. The molecule has 0 radical (unpaired) electrons.